The molecule has 3 heterocycles. The molecule has 4 aromatic rings. The van der Waals surface area contributed by atoms with Crippen LogP contribution in [0.4, 0.5) is 5.13 Å². The number of fused-ring (bicyclic) bond motifs is 2. The summed E-state index contributed by atoms with van der Waals surface area (Å²) in [6.45, 7) is 6.51. The summed E-state index contributed by atoms with van der Waals surface area (Å²) >= 11 is 1.23. The molecule has 1 atom stereocenters. The van der Waals surface area contributed by atoms with Crippen LogP contribution >= 0.6 is 11.3 Å². The van der Waals surface area contributed by atoms with Crippen molar-refractivity contribution in [2.45, 2.75) is 33.2 Å². The lowest BCUT2D eigenvalue weighted by molar-refractivity contribution is 0.0970. The number of nitrogens with zero attached hydrogens (tertiary/aromatic N) is 3. The Bertz CT molecular complexity index is 1390. The van der Waals surface area contributed by atoms with Gasteiger partial charge in [-0.2, -0.15) is 0 Å². The lowest BCUT2D eigenvalue weighted by Crippen LogP contribution is -2.29. The van der Waals surface area contributed by atoms with E-state index in [0.717, 1.165) is 23.1 Å². The summed E-state index contributed by atoms with van der Waals surface area (Å²) in [7, 11) is 0. The van der Waals surface area contributed by atoms with Gasteiger partial charge in [0.2, 0.25) is 10.9 Å². The van der Waals surface area contributed by atoms with Gasteiger partial charge in [0.05, 0.1) is 23.6 Å². The molecule has 1 amide bonds. The summed E-state index contributed by atoms with van der Waals surface area (Å²) in [5, 5.41) is 8.86. The van der Waals surface area contributed by atoms with E-state index >= 15 is 0 Å². The van der Waals surface area contributed by atoms with Gasteiger partial charge in [-0.3, -0.25) is 14.5 Å². The molecule has 0 saturated heterocycles. The Hall–Kier alpha value is -3.52. The highest BCUT2D eigenvalue weighted by atomic mass is 32.1. The molecule has 0 fully saturated rings. The maximum atomic E-state index is 13.7. The van der Waals surface area contributed by atoms with Gasteiger partial charge in [0.15, 0.2) is 5.43 Å². The largest absolute Gasteiger partial charge is 0.494 e. The van der Waals surface area contributed by atoms with Gasteiger partial charge in [-0.05, 0) is 61.2 Å². The fourth-order valence-corrected chi connectivity index (χ4v) is 4.59. The van der Waals surface area contributed by atoms with Crippen molar-refractivity contribution in [3.8, 4) is 5.75 Å². The Kier molecular flexibility index (Phi) is 5.01. The maximum Gasteiger partial charge on any atom is 0.297 e. The van der Waals surface area contributed by atoms with Crippen LogP contribution in [0.15, 0.2) is 51.1 Å². The summed E-state index contributed by atoms with van der Waals surface area (Å²) in [6, 6.07) is 10.4. The minimum Gasteiger partial charge on any atom is -0.494 e. The molecule has 1 aliphatic rings. The smallest absolute Gasteiger partial charge is 0.297 e. The van der Waals surface area contributed by atoms with Crippen molar-refractivity contribution in [2.24, 2.45) is 0 Å². The first kappa shape index (κ1) is 20.4. The van der Waals surface area contributed by atoms with Gasteiger partial charge in [0, 0.05) is 0 Å². The number of hydrogen-bond acceptors (Lipinski definition) is 7. The van der Waals surface area contributed by atoms with E-state index in [-0.39, 0.29) is 11.2 Å². The van der Waals surface area contributed by atoms with Crippen molar-refractivity contribution in [3.63, 3.8) is 0 Å². The van der Waals surface area contributed by atoms with Crippen LogP contribution in [-0.4, -0.2) is 22.7 Å². The molecule has 0 bridgehead atoms. The first-order valence-corrected chi connectivity index (χ1v) is 11.3. The Morgan fingerprint density at radius 2 is 1.97 bits per heavy atom. The number of amides is 1. The third-order valence-corrected chi connectivity index (χ3v) is 6.38. The molecule has 0 radical (unpaired) electrons. The van der Waals surface area contributed by atoms with Gasteiger partial charge >= 0.3 is 0 Å². The summed E-state index contributed by atoms with van der Waals surface area (Å²) < 4.78 is 11.8. The number of carbonyl (C=O) groups excluding carboxylic acids is 1. The molecule has 32 heavy (non-hydrogen) atoms. The topological polar surface area (TPSA) is 85.5 Å². The number of aryl methyl sites for hydroxylation is 2. The van der Waals surface area contributed by atoms with Crippen LogP contribution in [0.3, 0.4) is 0 Å². The Balaban J connectivity index is 1.76. The van der Waals surface area contributed by atoms with E-state index in [1.54, 1.807) is 11.6 Å². The van der Waals surface area contributed by atoms with Gasteiger partial charge < -0.3 is 9.15 Å². The first-order chi connectivity index (χ1) is 15.5. The van der Waals surface area contributed by atoms with Crippen LogP contribution in [0.25, 0.3) is 11.0 Å². The molecular weight excluding hydrogens is 426 g/mol. The number of benzene rings is 2. The quantitative estimate of drug-likeness (QED) is 0.437. The molecule has 5 rings (SSSR count). The van der Waals surface area contributed by atoms with Crippen molar-refractivity contribution in [1.82, 2.24) is 10.2 Å². The van der Waals surface area contributed by atoms with E-state index in [0.29, 0.717) is 34.0 Å². The van der Waals surface area contributed by atoms with E-state index < -0.39 is 11.9 Å². The molecule has 2 aromatic heterocycles. The minimum atomic E-state index is -0.683. The van der Waals surface area contributed by atoms with Crippen LogP contribution in [0.5, 0.6) is 5.75 Å². The number of ether oxygens (including phenoxy) is 1. The summed E-state index contributed by atoms with van der Waals surface area (Å²) in [6.07, 6.45) is 0.875. The SMILES string of the molecule is CCCOc1cccc(C2c3c(oc4cc(C)c(C)cc4c3=O)C(=O)N2c2nncs2)c1. The number of rotatable bonds is 5. The highest BCUT2D eigenvalue weighted by molar-refractivity contribution is 7.13. The lowest BCUT2D eigenvalue weighted by atomic mass is 9.97. The Morgan fingerprint density at radius 3 is 2.72 bits per heavy atom. The van der Waals surface area contributed by atoms with E-state index in [2.05, 4.69) is 10.2 Å². The lowest BCUT2D eigenvalue weighted by Gasteiger charge is -2.22. The molecule has 2 aromatic carbocycles. The van der Waals surface area contributed by atoms with Crippen molar-refractivity contribution in [2.75, 3.05) is 11.5 Å². The van der Waals surface area contributed by atoms with Crippen molar-refractivity contribution in [3.05, 3.63) is 80.1 Å². The van der Waals surface area contributed by atoms with Gasteiger partial charge in [0.1, 0.15) is 16.8 Å². The zero-order valence-corrected chi connectivity index (χ0v) is 18.7. The molecule has 0 saturated carbocycles. The molecule has 0 spiro atoms. The average molecular weight is 448 g/mol. The van der Waals surface area contributed by atoms with Gasteiger partial charge in [0.25, 0.3) is 5.91 Å². The predicted molar refractivity (Wildman–Crippen MR) is 123 cm³/mol. The second-order valence-electron chi connectivity index (χ2n) is 7.83. The standard InChI is InChI=1S/C24H21N3O4S/c1-4-8-30-16-7-5-6-15(11-16)20-19-21(28)17-9-13(2)14(3)10-18(17)31-22(19)23(29)27(20)24-26-25-12-32-24/h5-7,9-12,20H,4,8H2,1-3H3. The second-order valence-corrected chi connectivity index (χ2v) is 8.64. The van der Waals surface area contributed by atoms with Crippen LogP contribution in [-0.2, 0) is 0 Å². The van der Waals surface area contributed by atoms with Crippen LogP contribution in [0.2, 0.25) is 0 Å². The molecule has 0 aliphatic carbocycles. The minimum absolute atomic E-state index is 0.0471. The first-order valence-electron chi connectivity index (χ1n) is 10.4. The molecule has 1 aliphatic heterocycles. The van der Waals surface area contributed by atoms with Crippen LogP contribution in [0, 0.1) is 13.8 Å². The number of anilines is 1. The highest BCUT2D eigenvalue weighted by Crippen LogP contribution is 2.42. The van der Waals surface area contributed by atoms with Crippen LogP contribution in [0.1, 0.15) is 52.2 Å². The average Bonchev–Trinajstić information content (AvgIpc) is 3.41. The molecule has 162 valence electrons. The summed E-state index contributed by atoms with van der Waals surface area (Å²) in [5.41, 5.74) is 4.79. The molecular formula is C24H21N3O4S. The molecule has 0 N–H and O–H groups in total. The van der Waals surface area contributed by atoms with Crippen LogP contribution < -0.4 is 15.1 Å². The van der Waals surface area contributed by atoms with Crippen molar-refractivity contribution in [1.29, 1.82) is 0 Å². The van der Waals surface area contributed by atoms with Crippen molar-refractivity contribution >= 4 is 33.3 Å². The van der Waals surface area contributed by atoms with E-state index in [4.69, 9.17) is 9.15 Å². The highest BCUT2D eigenvalue weighted by Gasteiger charge is 2.45. The van der Waals surface area contributed by atoms with E-state index in [1.165, 1.54) is 16.2 Å². The Morgan fingerprint density at radius 1 is 1.16 bits per heavy atom. The maximum absolute atomic E-state index is 13.7. The number of carbonyl (C=O) groups is 1. The number of hydrogen-bond donors (Lipinski definition) is 0. The summed E-state index contributed by atoms with van der Waals surface area (Å²) in [5.74, 6) is 0.323. The zero-order valence-electron chi connectivity index (χ0n) is 17.9. The fraction of sp³-hybridized carbons (Fsp3) is 0.250. The molecule has 8 heteroatoms. The third kappa shape index (κ3) is 3.18. The van der Waals surface area contributed by atoms with Gasteiger partial charge in [-0.15, -0.1) is 10.2 Å². The predicted octanol–water partition coefficient (Wildman–Crippen LogP) is 4.80. The summed E-state index contributed by atoms with van der Waals surface area (Å²) in [4.78, 5) is 28.7. The normalized spacial score (nSPS) is 15.4. The van der Waals surface area contributed by atoms with Gasteiger partial charge in [-0.25, -0.2) is 0 Å². The number of aromatic nitrogens is 2. The zero-order chi connectivity index (χ0) is 22.4. The molecule has 7 nitrogen and oxygen atoms in total. The van der Waals surface area contributed by atoms with Crippen molar-refractivity contribution < 1.29 is 13.9 Å². The molecule has 1 unspecified atom stereocenters. The second kappa shape index (κ2) is 7.87. The monoisotopic (exact) mass is 447 g/mol. The third-order valence-electron chi connectivity index (χ3n) is 5.69. The van der Waals surface area contributed by atoms with E-state index in [1.807, 2.05) is 51.1 Å². The van der Waals surface area contributed by atoms with Gasteiger partial charge in [-0.1, -0.05) is 30.4 Å². The van der Waals surface area contributed by atoms with E-state index in [9.17, 15) is 9.59 Å². The Labute approximate surface area is 188 Å². The fourth-order valence-electron chi connectivity index (χ4n) is 4.01.